The lowest BCUT2D eigenvalue weighted by Crippen LogP contribution is -2.44. The summed E-state index contributed by atoms with van der Waals surface area (Å²) >= 11 is 0. The predicted molar refractivity (Wildman–Crippen MR) is 225 cm³/mol. The first-order chi connectivity index (χ1) is 27.7. The molecule has 0 aliphatic carbocycles. The van der Waals surface area contributed by atoms with Crippen LogP contribution >= 0.6 is 0 Å². The van der Waals surface area contributed by atoms with Crippen molar-refractivity contribution in [3.8, 4) is 0 Å². The highest BCUT2D eigenvalue weighted by Gasteiger charge is 2.50. The largest absolute Gasteiger partial charge is 0.534 e. The zero-order valence-corrected chi connectivity index (χ0v) is 39.6. The molecule has 20 heteroatoms. The van der Waals surface area contributed by atoms with Crippen LogP contribution in [0.4, 0.5) is 26.3 Å². The number of hydrogen-bond donors (Lipinski definition) is 2. The van der Waals surface area contributed by atoms with Gasteiger partial charge in [0, 0.05) is 24.5 Å². The third-order valence-electron chi connectivity index (χ3n) is 11.3. The van der Waals surface area contributed by atoms with Gasteiger partial charge in [-0.3, -0.25) is 0 Å². The van der Waals surface area contributed by atoms with Crippen LogP contribution in [-0.4, -0.2) is 89.6 Å². The quantitative estimate of drug-likeness (QED) is 0.0237. The molecule has 358 valence electrons. The summed E-state index contributed by atoms with van der Waals surface area (Å²) in [5, 5.41) is 18.9. The van der Waals surface area contributed by atoms with E-state index in [0.29, 0.717) is 38.5 Å². The first-order valence-corrected chi connectivity index (χ1v) is 26.4. The number of allylic oxidation sites excluding steroid dienone is 2. The van der Waals surface area contributed by atoms with Crippen molar-refractivity contribution < 1.29 is 75.7 Å². The number of hydrogen-bond acceptors (Lipinski definition) is 11. The molecule has 0 spiro atoms. The van der Waals surface area contributed by atoms with Crippen LogP contribution < -0.4 is 0 Å². The SMILES string of the molecule is C=C(OS(=O)(=O)C(F)(F)F)[C@H](C)CC(O)CC[C@@H]1OC(CCCO)CC1=C.C=C(OS(=O)(=O)C(F)(F)F)[C@H](C)C[C@H](CC[C@@H]1OC(CCCC)CC1=C)O[Si](C)(C)C(C)(C)C. The Morgan fingerprint density at radius 1 is 0.770 bits per heavy atom. The summed E-state index contributed by atoms with van der Waals surface area (Å²) in [5.41, 5.74) is -9.06. The molecule has 61 heavy (non-hydrogen) atoms. The molecule has 2 heterocycles. The molecule has 0 bridgehead atoms. The van der Waals surface area contributed by atoms with Crippen molar-refractivity contribution >= 4 is 28.6 Å². The van der Waals surface area contributed by atoms with Crippen molar-refractivity contribution in [2.45, 2.75) is 191 Å². The van der Waals surface area contributed by atoms with Crippen LogP contribution in [0.1, 0.15) is 125 Å². The van der Waals surface area contributed by atoms with Gasteiger partial charge in [0.25, 0.3) is 0 Å². The van der Waals surface area contributed by atoms with Crippen LogP contribution in [0.25, 0.3) is 0 Å². The van der Waals surface area contributed by atoms with E-state index < -0.39 is 69.0 Å². The summed E-state index contributed by atoms with van der Waals surface area (Å²) in [5.74, 6) is -2.46. The fourth-order valence-electron chi connectivity index (χ4n) is 6.46. The predicted octanol–water partition coefficient (Wildman–Crippen LogP) is 10.5. The van der Waals surface area contributed by atoms with Crippen molar-refractivity contribution in [1.82, 2.24) is 0 Å². The van der Waals surface area contributed by atoms with E-state index in [4.69, 9.17) is 19.0 Å². The molecule has 0 amide bonds. The monoisotopic (exact) mass is 944 g/mol. The summed E-state index contributed by atoms with van der Waals surface area (Å²) in [7, 11) is -13.7. The Morgan fingerprint density at radius 2 is 1.18 bits per heavy atom. The van der Waals surface area contributed by atoms with Crippen LogP contribution in [0, 0.1) is 11.8 Å². The number of aliphatic hydroxyl groups excluding tert-OH is 2. The average molecular weight is 945 g/mol. The molecule has 2 N–H and O–H groups in total. The molecule has 2 fully saturated rings. The number of rotatable bonds is 24. The molecular formula is C41H70F6O11S2Si. The summed E-state index contributed by atoms with van der Waals surface area (Å²) in [6.07, 6.45) is 7.14. The maximum atomic E-state index is 12.7. The van der Waals surface area contributed by atoms with Crippen LogP contribution in [0.5, 0.6) is 0 Å². The number of aliphatic hydroxyl groups is 2. The molecule has 2 aliphatic heterocycles. The number of ether oxygens (including phenoxy) is 2. The number of unbranched alkanes of at least 4 members (excludes halogenated alkanes) is 1. The molecule has 2 rings (SSSR count). The summed E-state index contributed by atoms with van der Waals surface area (Å²) < 4.78 is 147. The van der Waals surface area contributed by atoms with E-state index in [2.05, 4.69) is 75.5 Å². The van der Waals surface area contributed by atoms with Crippen LogP contribution in [0.15, 0.2) is 49.0 Å². The minimum Gasteiger partial charge on any atom is -0.414 e. The molecule has 0 aromatic heterocycles. The zero-order chi connectivity index (χ0) is 47.4. The number of alkyl halides is 6. The fraction of sp³-hybridized carbons (Fsp3) is 0.805. The highest BCUT2D eigenvalue weighted by atomic mass is 32.2. The van der Waals surface area contributed by atoms with Gasteiger partial charge in [0.1, 0.15) is 11.5 Å². The van der Waals surface area contributed by atoms with Crippen molar-refractivity contribution in [2.24, 2.45) is 11.8 Å². The van der Waals surface area contributed by atoms with Gasteiger partial charge >= 0.3 is 31.3 Å². The topological polar surface area (TPSA) is 155 Å². The highest BCUT2D eigenvalue weighted by molar-refractivity contribution is 7.88. The molecule has 3 unspecified atom stereocenters. The van der Waals surface area contributed by atoms with Crippen molar-refractivity contribution in [3.63, 3.8) is 0 Å². The second kappa shape index (κ2) is 23.8. The Labute approximate surface area is 361 Å². The number of halogens is 6. The smallest absolute Gasteiger partial charge is 0.414 e. The molecule has 0 aromatic carbocycles. The van der Waals surface area contributed by atoms with E-state index in [9.17, 15) is 48.3 Å². The Balaban J connectivity index is 0.000000626. The van der Waals surface area contributed by atoms with Crippen molar-refractivity contribution in [2.75, 3.05) is 6.61 Å². The first kappa shape index (κ1) is 57.1. The van der Waals surface area contributed by atoms with Gasteiger partial charge in [-0.2, -0.15) is 43.2 Å². The Kier molecular flexibility index (Phi) is 22.3. The van der Waals surface area contributed by atoms with E-state index >= 15 is 0 Å². The second-order valence-corrected chi connectivity index (χ2v) is 25.5. The van der Waals surface area contributed by atoms with E-state index in [1.54, 1.807) is 6.92 Å². The van der Waals surface area contributed by atoms with Crippen LogP contribution in [-0.2, 0) is 42.5 Å². The van der Waals surface area contributed by atoms with E-state index in [-0.39, 0.29) is 55.0 Å². The van der Waals surface area contributed by atoms with E-state index in [1.165, 1.54) is 6.92 Å². The van der Waals surface area contributed by atoms with Gasteiger partial charge in [0.2, 0.25) is 0 Å². The highest BCUT2D eigenvalue weighted by Crippen LogP contribution is 2.40. The van der Waals surface area contributed by atoms with E-state index in [1.807, 2.05) is 0 Å². The average Bonchev–Trinajstić information content (AvgIpc) is 3.65. The lowest BCUT2D eigenvalue weighted by Gasteiger charge is -2.40. The Hall–Kier alpha value is -1.94. The minimum atomic E-state index is -5.75. The van der Waals surface area contributed by atoms with Crippen LogP contribution in [0.2, 0.25) is 18.1 Å². The van der Waals surface area contributed by atoms with Gasteiger partial charge in [-0.15, -0.1) is 0 Å². The van der Waals surface area contributed by atoms with Crippen molar-refractivity contribution in [1.29, 1.82) is 0 Å². The maximum absolute atomic E-state index is 12.7. The van der Waals surface area contributed by atoms with Gasteiger partial charge in [-0.25, -0.2) is 0 Å². The lowest BCUT2D eigenvalue weighted by atomic mass is 9.96. The fourth-order valence-corrected chi connectivity index (χ4v) is 8.94. The normalized spacial score (nSPS) is 22.6. The maximum Gasteiger partial charge on any atom is 0.534 e. The standard InChI is InChI=1S/C24H43F3O5SSi.C17H27F3O6S/c1-10-11-12-20-16-18(3)22(30-20)14-13-21(32-34(8,9)23(5,6)7)15-17(2)19(4)31-33(28,29)24(25,26)27;1-11(13(3)26-27(23,24)17(18,19)20)9-14(22)6-7-16-12(2)10-15(25-16)5-4-8-21/h17,20-22H,3-4,10-16H2,1-2,5-9H3;11,14-16,21-22H,2-10H2,1H3/t17-,20?,21+,22+;11-,14?,15?,16+/m11/s1. The Morgan fingerprint density at radius 3 is 1.57 bits per heavy atom. The van der Waals surface area contributed by atoms with Gasteiger partial charge in [-0.05, 0) is 99.9 Å². The van der Waals surface area contributed by atoms with Gasteiger partial charge in [0.15, 0.2) is 8.32 Å². The minimum absolute atomic E-state index is 0.000647. The molecule has 0 saturated carbocycles. The summed E-state index contributed by atoms with van der Waals surface area (Å²) in [6, 6.07) is 0. The molecule has 2 saturated heterocycles. The van der Waals surface area contributed by atoms with Gasteiger partial charge in [-0.1, -0.05) is 80.7 Å². The third kappa shape index (κ3) is 19.0. The molecule has 0 aromatic rings. The molecule has 0 radical (unpaired) electrons. The Bertz CT molecular complexity index is 1660. The zero-order valence-electron chi connectivity index (χ0n) is 37.0. The van der Waals surface area contributed by atoms with Crippen LogP contribution in [0.3, 0.4) is 0 Å². The lowest BCUT2D eigenvalue weighted by molar-refractivity contribution is -0.0532. The summed E-state index contributed by atoms with van der Waals surface area (Å²) in [6.45, 7) is 30.6. The van der Waals surface area contributed by atoms with Gasteiger partial charge in [0.05, 0.1) is 30.5 Å². The van der Waals surface area contributed by atoms with E-state index in [0.717, 1.165) is 43.3 Å². The van der Waals surface area contributed by atoms with Gasteiger partial charge < -0.3 is 32.5 Å². The second-order valence-electron chi connectivity index (χ2n) is 17.7. The molecule has 8 atom stereocenters. The van der Waals surface area contributed by atoms with Crippen molar-refractivity contribution in [3.05, 3.63) is 49.0 Å². The molecule has 11 nitrogen and oxygen atoms in total. The summed E-state index contributed by atoms with van der Waals surface area (Å²) in [4.78, 5) is 0. The first-order valence-electron chi connectivity index (χ1n) is 20.7. The molecular weight excluding hydrogens is 875 g/mol. The third-order valence-corrected chi connectivity index (χ3v) is 17.8. The molecule has 2 aliphatic rings.